The molecule has 0 spiro atoms. The van der Waals surface area contributed by atoms with Gasteiger partial charge in [-0.05, 0) is 40.9 Å². The number of aliphatic carboxylic acids is 1. The van der Waals surface area contributed by atoms with Crippen LogP contribution in [0.25, 0.3) is 11.5 Å². The summed E-state index contributed by atoms with van der Waals surface area (Å²) in [6.07, 6.45) is 2.86. The molecule has 0 saturated carbocycles. The van der Waals surface area contributed by atoms with E-state index in [2.05, 4.69) is 31.1 Å². The Hall–Kier alpha value is -1.76. The van der Waals surface area contributed by atoms with Crippen LogP contribution in [-0.2, 0) is 11.2 Å². The molecule has 6 nitrogen and oxygen atoms in total. The molecule has 21 heavy (non-hydrogen) atoms. The summed E-state index contributed by atoms with van der Waals surface area (Å²) in [7, 11) is 0. The standard InChI is InChI=1S/C14H16BrN3O3/c1-3-14(4-2,13(19)20)8-10-17-12(18-21-10)11-9(15)6-5-7-16-11/h5-7H,3-4,8H2,1-2H3,(H,19,20). The molecular weight excluding hydrogens is 338 g/mol. The van der Waals surface area contributed by atoms with E-state index in [1.54, 1.807) is 12.3 Å². The van der Waals surface area contributed by atoms with Gasteiger partial charge in [-0.1, -0.05) is 19.0 Å². The highest BCUT2D eigenvalue weighted by molar-refractivity contribution is 9.10. The van der Waals surface area contributed by atoms with E-state index in [1.807, 2.05) is 19.9 Å². The van der Waals surface area contributed by atoms with Crippen molar-refractivity contribution in [3.05, 3.63) is 28.7 Å². The van der Waals surface area contributed by atoms with Crippen LogP contribution < -0.4 is 0 Å². The lowest BCUT2D eigenvalue weighted by Gasteiger charge is -2.24. The number of halogens is 1. The Bertz CT molecular complexity index is 638. The molecule has 7 heteroatoms. The van der Waals surface area contributed by atoms with Gasteiger partial charge in [-0.25, -0.2) is 0 Å². The van der Waals surface area contributed by atoms with Crippen molar-refractivity contribution >= 4 is 21.9 Å². The van der Waals surface area contributed by atoms with Gasteiger partial charge in [-0.2, -0.15) is 4.98 Å². The maximum absolute atomic E-state index is 11.5. The molecular formula is C14H16BrN3O3. The van der Waals surface area contributed by atoms with E-state index in [9.17, 15) is 9.90 Å². The third kappa shape index (κ3) is 3.12. The summed E-state index contributed by atoms with van der Waals surface area (Å²) < 4.78 is 5.96. The van der Waals surface area contributed by atoms with Gasteiger partial charge in [0, 0.05) is 17.1 Å². The molecule has 112 valence electrons. The van der Waals surface area contributed by atoms with Crippen molar-refractivity contribution in [2.24, 2.45) is 5.41 Å². The molecule has 2 aromatic heterocycles. The Morgan fingerprint density at radius 3 is 2.71 bits per heavy atom. The lowest BCUT2D eigenvalue weighted by Crippen LogP contribution is -2.32. The molecule has 0 saturated heterocycles. The van der Waals surface area contributed by atoms with Gasteiger partial charge < -0.3 is 9.63 Å². The number of carboxylic acids is 1. The van der Waals surface area contributed by atoms with E-state index in [1.165, 1.54) is 0 Å². The average molecular weight is 354 g/mol. The van der Waals surface area contributed by atoms with Crippen LogP contribution in [0.5, 0.6) is 0 Å². The first-order valence-corrected chi connectivity index (χ1v) is 7.48. The molecule has 2 heterocycles. The van der Waals surface area contributed by atoms with Gasteiger partial charge >= 0.3 is 5.97 Å². The van der Waals surface area contributed by atoms with Gasteiger partial charge in [0.05, 0.1) is 5.41 Å². The van der Waals surface area contributed by atoms with Crippen molar-refractivity contribution in [2.75, 3.05) is 0 Å². The monoisotopic (exact) mass is 353 g/mol. The number of pyridine rings is 1. The van der Waals surface area contributed by atoms with Gasteiger partial charge in [-0.15, -0.1) is 0 Å². The molecule has 0 amide bonds. The Morgan fingerprint density at radius 1 is 1.43 bits per heavy atom. The molecule has 2 rings (SSSR count). The van der Waals surface area contributed by atoms with Gasteiger partial charge in [0.2, 0.25) is 11.7 Å². The van der Waals surface area contributed by atoms with Gasteiger partial charge in [0.15, 0.2) is 0 Å². The molecule has 0 atom stereocenters. The molecule has 1 N–H and O–H groups in total. The zero-order chi connectivity index (χ0) is 15.5. The Kier molecular flexibility index (Phi) is 4.72. The van der Waals surface area contributed by atoms with Crippen LogP contribution in [0.4, 0.5) is 0 Å². The van der Waals surface area contributed by atoms with Crippen LogP contribution in [0.15, 0.2) is 27.3 Å². The van der Waals surface area contributed by atoms with Gasteiger partial charge in [-0.3, -0.25) is 9.78 Å². The third-order valence-electron chi connectivity index (χ3n) is 3.74. The SMILES string of the molecule is CCC(CC)(Cc1nc(-c2ncccc2Br)no1)C(=O)O. The van der Waals surface area contributed by atoms with E-state index < -0.39 is 11.4 Å². The fraction of sp³-hybridized carbons (Fsp3) is 0.429. The predicted octanol–water partition coefficient (Wildman–Crippen LogP) is 3.33. The maximum atomic E-state index is 11.5. The summed E-state index contributed by atoms with van der Waals surface area (Å²) in [5.41, 5.74) is -0.299. The Labute approximate surface area is 130 Å². The van der Waals surface area contributed by atoms with Gasteiger partial charge in [0.1, 0.15) is 5.69 Å². The van der Waals surface area contributed by atoms with Crippen molar-refractivity contribution in [3.8, 4) is 11.5 Å². The molecule has 0 fully saturated rings. The zero-order valence-electron chi connectivity index (χ0n) is 11.8. The molecule has 2 aromatic rings. The summed E-state index contributed by atoms with van der Waals surface area (Å²) in [4.78, 5) is 20.0. The smallest absolute Gasteiger partial charge is 0.310 e. The normalized spacial score (nSPS) is 11.6. The minimum absolute atomic E-state index is 0.215. The Balaban J connectivity index is 2.28. The summed E-state index contributed by atoms with van der Waals surface area (Å²) in [5.74, 6) is -0.177. The number of hydrogen-bond donors (Lipinski definition) is 1. The molecule has 0 bridgehead atoms. The molecule has 0 radical (unpaired) electrons. The van der Waals surface area contributed by atoms with Crippen LogP contribution in [0.2, 0.25) is 0 Å². The van der Waals surface area contributed by atoms with Crippen LogP contribution in [-0.4, -0.2) is 26.2 Å². The highest BCUT2D eigenvalue weighted by Gasteiger charge is 2.37. The fourth-order valence-corrected chi connectivity index (χ4v) is 2.57. The summed E-state index contributed by atoms with van der Waals surface area (Å²) in [6, 6.07) is 3.62. The van der Waals surface area contributed by atoms with E-state index in [4.69, 9.17) is 4.52 Å². The van der Waals surface area contributed by atoms with E-state index in [0.717, 1.165) is 4.47 Å². The highest BCUT2D eigenvalue weighted by atomic mass is 79.9. The number of rotatable bonds is 6. The lowest BCUT2D eigenvalue weighted by molar-refractivity contribution is -0.149. The topological polar surface area (TPSA) is 89.1 Å². The van der Waals surface area contributed by atoms with E-state index in [-0.39, 0.29) is 6.42 Å². The van der Waals surface area contributed by atoms with Crippen LogP contribution in [0.3, 0.4) is 0 Å². The zero-order valence-corrected chi connectivity index (χ0v) is 13.4. The molecule has 0 aliphatic heterocycles. The fourth-order valence-electron chi connectivity index (χ4n) is 2.14. The second kappa shape index (κ2) is 6.34. The van der Waals surface area contributed by atoms with E-state index in [0.29, 0.717) is 30.3 Å². The van der Waals surface area contributed by atoms with Crippen molar-refractivity contribution in [1.82, 2.24) is 15.1 Å². The molecule has 0 aromatic carbocycles. The summed E-state index contributed by atoms with van der Waals surface area (Å²) >= 11 is 3.38. The van der Waals surface area contributed by atoms with Crippen LogP contribution >= 0.6 is 15.9 Å². The van der Waals surface area contributed by atoms with Gasteiger partial charge in [0.25, 0.3) is 0 Å². The van der Waals surface area contributed by atoms with Crippen LogP contribution in [0, 0.1) is 5.41 Å². The minimum atomic E-state index is -0.870. The minimum Gasteiger partial charge on any atom is -0.481 e. The molecule has 0 unspecified atom stereocenters. The number of nitrogens with zero attached hydrogens (tertiary/aromatic N) is 3. The molecule has 0 aliphatic rings. The van der Waals surface area contributed by atoms with Crippen molar-refractivity contribution in [3.63, 3.8) is 0 Å². The number of carboxylic acid groups (broad SMARTS) is 1. The predicted molar refractivity (Wildman–Crippen MR) is 79.6 cm³/mol. The van der Waals surface area contributed by atoms with Crippen LogP contribution in [0.1, 0.15) is 32.6 Å². The Morgan fingerprint density at radius 2 is 2.14 bits per heavy atom. The quantitative estimate of drug-likeness (QED) is 0.856. The first-order valence-electron chi connectivity index (χ1n) is 6.69. The number of hydrogen-bond acceptors (Lipinski definition) is 5. The summed E-state index contributed by atoms with van der Waals surface area (Å²) in [6.45, 7) is 3.70. The second-order valence-corrected chi connectivity index (χ2v) is 5.67. The maximum Gasteiger partial charge on any atom is 0.310 e. The van der Waals surface area contributed by atoms with Crippen molar-refractivity contribution in [2.45, 2.75) is 33.1 Å². The first kappa shape index (κ1) is 15.6. The van der Waals surface area contributed by atoms with E-state index >= 15 is 0 Å². The first-order chi connectivity index (χ1) is 10.0. The highest BCUT2D eigenvalue weighted by Crippen LogP contribution is 2.32. The third-order valence-corrected chi connectivity index (χ3v) is 4.38. The number of aromatic nitrogens is 3. The molecule has 0 aliphatic carbocycles. The van der Waals surface area contributed by atoms with Crippen molar-refractivity contribution < 1.29 is 14.4 Å². The van der Waals surface area contributed by atoms with Crippen molar-refractivity contribution in [1.29, 1.82) is 0 Å². The largest absolute Gasteiger partial charge is 0.481 e. The summed E-state index contributed by atoms with van der Waals surface area (Å²) in [5, 5.41) is 13.3. The number of carbonyl (C=O) groups is 1. The average Bonchev–Trinajstić information content (AvgIpc) is 2.93. The second-order valence-electron chi connectivity index (χ2n) is 4.81. The lowest BCUT2D eigenvalue weighted by atomic mass is 9.79.